The van der Waals surface area contributed by atoms with Crippen molar-refractivity contribution in [2.75, 3.05) is 7.11 Å². The van der Waals surface area contributed by atoms with E-state index in [-0.39, 0.29) is 11.6 Å². The molecule has 0 unspecified atom stereocenters. The molecule has 5 heteroatoms. The highest BCUT2D eigenvalue weighted by atomic mass is 16.5. The molecule has 13 heavy (non-hydrogen) atoms. The number of phenolic OH excluding ortho intramolecular Hbond substituents is 1. The van der Waals surface area contributed by atoms with Crippen LogP contribution in [0.25, 0.3) is 0 Å². The van der Waals surface area contributed by atoms with E-state index in [4.69, 9.17) is 15.7 Å². The topological polar surface area (TPSA) is 88.1 Å². The van der Waals surface area contributed by atoms with Gasteiger partial charge in [-0.3, -0.25) is 0 Å². The molecule has 0 amide bonds. The van der Waals surface area contributed by atoms with Gasteiger partial charge in [0.2, 0.25) is 0 Å². The molecule has 70 valence electrons. The number of hydrogen-bond acceptors (Lipinski definition) is 4. The van der Waals surface area contributed by atoms with Gasteiger partial charge in [0.15, 0.2) is 5.84 Å². The maximum atomic E-state index is 9.20. The van der Waals surface area contributed by atoms with E-state index in [2.05, 4.69) is 5.16 Å². The first-order chi connectivity index (χ1) is 6.17. The van der Waals surface area contributed by atoms with Crippen molar-refractivity contribution < 1.29 is 15.1 Å². The largest absolute Gasteiger partial charge is 0.508 e. The van der Waals surface area contributed by atoms with Crippen LogP contribution < -0.4 is 10.5 Å². The van der Waals surface area contributed by atoms with E-state index in [0.29, 0.717) is 11.3 Å². The molecule has 0 aliphatic heterocycles. The second kappa shape index (κ2) is 3.66. The number of rotatable bonds is 2. The van der Waals surface area contributed by atoms with Gasteiger partial charge in [-0.15, -0.1) is 0 Å². The second-order valence-electron chi connectivity index (χ2n) is 2.40. The van der Waals surface area contributed by atoms with Crippen LogP contribution in [0, 0.1) is 0 Å². The van der Waals surface area contributed by atoms with Crippen LogP contribution in [0.4, 0.5) is 0 Å². The van der Waals surface area contributed by atoms with E-state index in [1.807, 2.05) is 0 Å². The lowest BCUT2D eigenvalue weighted by Crippen LogP contribution is -2.12. The number of methoxy groups -OCH3 is 1. The van der Waals surface area contributed by atoms with Crippen molar-refractivity contribution in [3.63, 3.8) is 0 Å². The maximum Gasteiger partial charge on any atom is 0.170 e. The van der Waals surface area contributed by atoms with E-state index in [9.17, 15) is 5.11 Å². The van der Waals surface area contributed by atoms with E-state index in [1.165, 1.54) is 19.2 Å². The predicted molar refractivity (Wildman–Crippen MR) is 47.2 cm³/mol. The minimum atomic E-state index is -0.0748. The lowest BCUT2D eigenvalue weighted by Gasteiger charge is -2.03. The fraction of sp³-hybridized carbons (Fsp3) is 0.125. The van der Waals surface area contributed by atoms with Gasteiger partial charge >= 0.3 is 0 Å². The molecular weight excluding hydrogens is 172 g/mol. The average molecular weight is 182 g/mol. The molecule has 0 spiro atoms. The summed E-state index contributed by atoms with van der Waals surface area (Å²) < 4.78 is 4.88. The Morgan fingerprint density at radius 3 is 2.69 bits per heavy atom. The average Bonchev–Trinajstić information content (AvgIpc) is 2.15. The molecule has 4 N–H and O–H groups in total. The third-order valence-electron chi connectivity index (χ3n) is 1.53. The highest BCUT2D eigenvalue weighted by Gasteiger charge is 2.03. The van der Waals surface area contributed by atoms with Crippen molar-refractivity contribution in [1.82, 2.24) is 0 Å². The van der Waals surface area contributed by atoms with Gasteiger partial charge in [0, 0.05) is 11.6 Å². The molecule has 0 radical (unpaired) electrons. The van der Waals surface area contributed by atoms with Crippen LogP contribution in [0.5, 0.6) is 11.5 Å². The van der Waals surface area contributed by atoms with Crippen LogP contribution in [0.3, 0.4) is 0 Å². The Bertz CT molecular complexity index is 336. The normalized spacial score (nSPS) is 11.3. The van der Waals surface area contributed by atoms with Crippen molar-refractivity contribution in [2.24, 2.45) is 10.9 Å². The predicted octanol–water partition coefficient (Wildman–Crippen LogP) is 0.495. The smallest absolute Gasteiger partial charge is 0.170 e. The van der Waals surface area contributed by atoms with Crippen LogP contribution >= 0.6 is 0 Å². The molecule has 0 fully saturated rings. The fourth-order valence-electron chi connectivity index (χ4n) is 0.907. The first kappa shape index (κ1) is 9.18. The van der Waals surface area contributed by atoms with E-state index < -0.39 is 0 Å². The Labute approximate surface area is 75.1 Å². The summed E-state index contributed by atoms with van der Waals surface area (Å²) in [7, 11) is 1.46. The van der Waals surface area contributed by atoms with Crippen LogP contribution in [-0.2, 0) is 0 Å². The summed E-state index contributed by atoms with van der Waals surface area (Å²) in [4.78, 5) is 0. The SMILES string of the molecule is COc1cc(O)cc(/C(N)=N/O)c1. The third kappa shape index (κ3) is 2.02. The zero-order chi connectivity index (χ0) is 9.84. The van der Waals surface area contributed by atoms with Gasteiger partial charge in [0.25, 0.3) is 0 Å². The zero-order valence-electron chi connectivity index (χ0n) is 7.06. The van der Waals surface area contributed by atoms with Gasteiger partial charge in [-0.1, -0.05) is 5.16 Å². The van der Waals surface area contributed by atoms with Gasteiger partial charge in [0.1, 0.15) is 11.5 Å². The van der Waals surface area contributed by atoms with E-state index in [0.717, 1.165) is 0 Å². The standard InChI is InChI=1S/C8H10N2O3/c1-13-7-3-5(8(9)10-12)2-6(11)4-7/h2-4,11-12H,1H3,(H2,9,10). The molecule has 0 heterocycles. The molecule has 0 atom stereocenters. The molecule has 0 aromatic heterocycles. The molecule has 0 saturated heterocycles. The molecule has 0 aliphatic rings. The van der Waals surface area contributed by atoms with Crippen molar-refractivity contribution in [3.05, 3.63) is 23.8 Å². The Morgan fingerprint density at radius 2 is 2.15 bits per heavy atom. The number of oxime groups is 1. The molecule has 0 saturated carbocycles. The second-order valence-corrected chi connectivity index (χ2v) is 2.40. The lowest BCUT2D eigenvalue weighted by atomic mass is 10.2. The van der Waals surface area contributed by atoms with Crippen molar-refractivity contribution >= 4 is 5.84 Å². The summed E-state index contributed by atoms with van der Waals surface area (Å²) >= 11 is 0. The Hall–Kier alpha value is -1.91. The van der Waals surface area contributed by atoms with E-state index >= 15 is 0 Å². The number of amidine groups is 1. The number of nitrogens with two attached hydrogens (primary N) is 1. The van der Waals surface area contributed by atoms with Crippen molar-refractivity contribution in [3.8, 4) is 11.5 Å². The van der Waals surface area contributed by atoms with Crippen LogP contribution in [0.2, 0.25) is 0 Å². The number of aromatic hydroxyl groups is 1. The number of ether oxygens (including phenoxy) is 1. The number of benzene rings is 1. The summed E-state index contributed by atoms with van der Waals surface area (Å²) in [6, 6.07) is 4.35. The Morgan fingerprint density at radius 1 is 1.46 bits per heavy atom. The summed E-state index contributed by atoms with van der Waals surface area (Å²) in [5, 5.41) is 20.4. The highest BCUT2D eigenvalue weighted by Crippen LogP contribution is 2.20. The quantitative estimate of drug-likeness (QED) is 0.269. The highest BCUT2D eigenvalue weighted by molar-refractivity contribution is 5.97. The monoisotopic (exact) mass is 182 g/mol. The minimum Gasteiger partial charge on any atom is -0.508 e. The van der Waals surface area contributed by atoms with Gasteiger partial charge in [-0.25, -0.2) is 0 Å². The van der Waals surface area contributed by atoms with Gasteiger partial charge in [0.05, 0.1) is 7.11 Å². The van der Waals surface area contributed by atoms with Crippen LogP contribution in [-0.4, -0.2) is 23.3 Å². The third-order valence-corrected chi connectivity index (χ3v) is 1.53. The fourth-order valence-corrected chi connectivity index (χ4v) is 0.907. The van der Waals surface area contributed by atoms with Gasteiger partial charge in [-0.05, 0) is 12.1 Å². The van der Waals surface area contributed by atoms with E-state index in [1.54, 1.807) is 6.07 Å². The maximum absolute atomic E-state index is 9.20. The number of hydrogen-bond donors (Lipinski definition) is 3. The van der Waals surface area contributed by atoms with Crippen LogP contribution in [0.15, 0.2) is 23.4 Å². The van der Waals surface area contributed by atoms with Crippen LogP contribution in [0.1, 0.15) is 5.56 Å². The van der Waals surface area contributed by atoms with Gasteiger partial charge < -0.3 is 20.8 Å². The molecule has 0 bridgehead atoms. The Kier molecular flexibility index (Phi) is 2.59. The molecule has 0 aliphatic carbocycles. The number of phenols is 1. The molecule has 1 aromatic rings. The minimum absolute atomic E-state index is 0.000880. The summed E-state index contributed by atoms with van der Waals surface area (Å²) in [5.41, 5.74) is 5.72. The molecule has 1 rings (SSSR count). The van der Waals surface area contributed by atoms with Gasteiger partial charge in [-0.2, -0.15) is 0 Å². The van der Waals surface area contributed by atoms with Crippen molar-refractivity contribution in [1.29, 1.82) is 0 Å². The summed E-state index contributed by atoms with van der Waals surface area (Å²) in [6.07, 6.45) is 0. The van der Waals surface area contributed by atoms with Crippen molar-refractivity contribution in [2.45, 2.75) is 0 Å². The lowest BCUT2D eigenvalue weighted by molar-refractivity contribution is 0.318. The Balaban J connectivity index is 3.16. The molecule has 1 aromatic carbocycles. The number of nitrogens with zero attached hydrogens (tertiary/aromatic N) is 1. The molecular formula is C8H10N2O3. The first-order valence-electron chi connectivity index (χ1n) is 3.53. The summed E-state index contributed by atoms with van der Waals surface area (Å²) in [6.45, 7) is 0. The first-order valence-corrected chi connectivity index (χ1v) is 3.53. The molecule has 5 nitrogen and oxygen atoms in total. The summed E-state index contributed by atoms with van der Waals surface area (Å²) in [5.74, 6) is 0.372. The zero-order valence-corrected chi connectivity index (χ0v) is 7.06.